The van der Waals surface area contributed by atoms with Crippen molar-refractivity contribution in [3.63, 3.8) is 0 Å². The second-order valence-electron chi connectivity index (χ2n) is 5.06. The molecule has 2 rings (SSSR count). The molecule has 1 aliphatic heterocycles. The number of nitrogens with two attached hydrogens (primary N) is 1. The highest BCUT2D eigenvalue weighted by Crippen LogP contribution is 2.17. The minimum atomic E-state index is 0.215. The summed E-state index contributed by atoms with van der Waals surface area (Å²) >= 11 is 0. The fourth-order valence-electron chi connectivity index (χ4n) is 2.31. The molecule has 0 amide bonds. The first-order valence-corrected chi connectivity index (χ1v) is 7.26. The molecule has 4 heteroatoms. The summed E-state index contributed by atoms with van der Waals surface area (Å²) in [6, 6.07) is 4.00. The van der Waals surface area contributed by atoms with Gasteiger partial charge in [0.05, 0.1) is 6.10 Å². The highest BCUT2D eigenvalue weighted by atomic mass is 16.5. The summed E-state index contributed by atoms with van der Waals surface area (Å²) in [4.78, 5) is 4.52. The third kappa shape index (κ3) is 4.48. The van der Waals surface area contributed by atoms with Gasteiger partial charge >= 0.3 is 0 Å². The monoisotopic (exact) mass is 264 g/mol. The molecule has 0 spiro atoms. The zero-order valence-corrected chi connectivity index (χ0v) is 11.7. The standard InChI is InChI=1S/C15H24N2O2/c1-2-5-13-8-12(10-16)9-15(17-13)19-11-14-6-3-4-7-18-14/h8-9,14H,2-7,10-11,16H2,1H3. The summed E-state index contributed by atoms with van der Waals surface area (Å²) in [5.41, 5.74) is 7.86. The number of hydrogen-bond acceptors (Lipinski definition) is 4. The van der Waals surface area contributed by atoms with Gasteiger partial charge in [0.25, 0.3) is 0 Å². The molecule has 0 aliphatic carbocycles. The second kappa shape index (κ2) is 7.46. The second-order valence-corrected chi connectivity index (χ2v) is 5.06. The molecule has 2 N–H and O–H groups in total. The molecular formula is C15H24N2O2. The van der Waals surface area contributed by atoms with Crippen LogP contribution in [0.25, 0.3) is 0 Å². The minimum Gasteiger partial charge on any atom is -0.475 e. The largest absolute Gasteiger partial charge is 0.475 e. The number of hydrogen-bond donors (Lipinski definition) is 1. The molecule has 1 atom stereocenters. The van der Waals surface area contributed by atoms with E-state index in [2.05, 4.69) is 18.0 Å². The van der Waals surface area contributed by atoms with E-state index in [-0.39, 0.29) is 6.10 Å². The van der Waals surface area contributed by atoms with Crippen molar-refractivity contribution < 1.29 is 9.47 Å². The van der Waals surface area contributed by atoms with Gasteiger partial charge in [0.2, 0.25) is 5.88 Å². The summed E-state index contributed by atoms with van der Waals surface area (Å²) in [6.45, 7) is 4.11. The smallest absolute Gasteiger partial charge is 0.213 e. The minimum absolute atomic E-state index is 0.215. The molecular weight excluding hydrogens is 240 g/mol. The summed E-state index contributed by atoms with van der Waals surface area (Å²) < 4.78 is 11.4. The lowest BCUT2D eigenvalue weighted by atomic mass is 10.1. The predicted molar refractivity (Wildman–Crippen MR) is 75.2 cm³/mol. The zero-order valence-electron chi connectivity index (χ0n) is 11.7. The van der Waals surface area contributed by atoms with Crippen LogP contribution in [0.1, 0.15) is 43.9 Å². The van der Waals surface area contributed by atoms with Crippen LogP contribution >= 0.6 is 0 Å². The van der Waals surface area contributed by atoms with Crippen molar-refractivity contribution in [2.75, 3.05) is 13.2 Å². The Morgan fingerprint density at radius 1 is 1.42 bits per heavy atom. The topological polar surface area (TPSA) is 57.4 Å². The molecule has 1 aliphatic rings. The Balaban J connectivity index is 1.95. The Bertz CT molecular complexity index is 390. The summed E-state index contributed by atoms with van der Waals surface area (Å²) in [7, 11) is 0. The fourth-order valence-corrected chi connectivity index (χ4v) is 2.31. The molecule has 4 nitrogen and oxygen atoms in total. The maximum atomic E-state index is 5.78. The van der Waals surface area contributed by atoms with Gasteiger partial charge in [-0.3, -0.25) is 0 Å². The molecule has 1 aromatic heterocycles. The first kappa shape index (κ1) is 14.3. The van der Waals surface area contributed by atoms with Crippen LogP contribution in [-0.2, 0) is 17.7 Å². The number of aromatic nitrogens is 1. The first-order valence-electron chi connectivity index (χ1n) is 7.26. The first-order chi connectivity index (χ1) is 9.31. The van der Waals surface area contributed by atoms with Crippen LogP contribution in [0.4, 0.5) is 0 Å². The van der Waals surface area contributed by atoms with Crippen LogP contribution in [0.5, 0.6) is 5.88 Å². The van der Waals surface area contributed by atoms with E-state index < -0.39 is 0 Å². The van der Waals surface area contributed by atoms with Gasteiger partial charge in [0.1, 0.15) is 6.61 Å². The van der Waals surface area contributed by atoms with E-state index in [0.717, 1.165) is 43.5 Å². The molecule has 2 heterocycles. The van der Waals surface area contributed by atoms with Gasteiger partial charge in [-0.2, -0.15) is 0 Å². The van der Waals surface area contributed by atoms with Gasteiger partial charge in [-0.25, -0.2) is 4.98 Å². The lowest BCUT2D eigenvalue weighted by Gasteiger charge is -2.22. The summed E-state index contributed by atoms with van der Waals surface area (Å²) in [5.74, 6) is 0.681. The number of nitrogens with zero attached hydrogens (tertiary/aromatic N) is 1. The van der Waals surface area contributed by atoms with E-state index in [1.165, 1.54) is 6.42 Å². The normalized spacial score (nSPS) is 19.4. The lowest BCUT2D eigenvalue weighted by molar-refractivity contribution is -0.0119. The van der Waals surface area contributed by atoms with Gasteiger partial charge in [0, 0.05) is 24.9 Å². The van der Waals surface area contributed by atoms with Gasteiger partial charge in [-0.15, -0.1) is 0 Å². The number of rotatable bonds is 6. The van der Waals surface area contributed by atoms with Crippen LogP contribution in [0.3, 0.4) is 0 Å². The molecule has 1 unspecified atom stereocenters. The van der Waals surface area contributed by atoms with Gasteiger partial charge < -0.3 is 15.2 Å². The fraction of sp³-hybridized carbons (Fsp3) is 0.667. The van der Waals surface area contributed by atoms with Gasteiger partial charge in [-0.1, -0.05) is 13.3 Å². The van der Waals surface area contributed by atoms with Crippen LogP contribution in [0.2, 0.25) is 0 Å². The highest BCUT2D eigenvalue weighted by Gasteiger charge is 2.15. The maximum absolute atomic E-state index is 5.78. The third-order valence-corrected chi connectivity index (χ3v) is 3.35. The third-order valence-electron chi connectivity index (χ3n) is 3.35. The van der Waals surface area contributed by atoms with Crippen LogP contribution in [0.15, 0.2) is 12.1 Å². The van der Waals surface area contributed by atoms with Gasteiger partial charge in [-0.05, 0) is 37.3 Å². The van der Waals surface area contributed by atoms with E-state index in [9.17, 15) is 0 Å². The van der Waals surface area contributed by atoms with Crippen molar-refractivity contribution in [2.24, 2.45) is 5.73 Å². The quantitative estimate of drug-likeness (QED) is 0.857. The molecule has 1 saturated heterocycles. The molecule has 0 radical (unpaired) electrons. The van der Waals surface area contributed by atoms with E-state index in [1.54, 1.807) is 0 Å². The lowest BCUT2D eigenvalue weighted by Crippen LogP contribution is -2.26. The van der Waals surface area contributed by atoms with Crippen molar-refractivity contribution in [3.8, 4) is 5.88 Å². The number of pyridine rings is 1. The Morgan fingerprint density at radius 3 is 3.00 bits per heavy atom. The number of aryl methyl sites for hydroxylation is 1. The maximum Gasteiger partial charge on any atom is 0.213 e. The van der Waals surface area contributed by atoms with Crippen LogP contribution < -0.4 is 10.5 Å². The van der Waals surface area contributed by atoms with Crippen molar-refractivity contribution in [2.45, 2.75) is 51.7 Å². The van der Waals surface area contributed by atoms with E-state index in [1.807, 2.05) is 6.07 Å². The summed E-state index contributed by atoms with van der Waals surface area (Å²) in [6.07, 6.45) is 5.73. The molecule has 0 saturated carbocycles. The Kier molecular flexibility index (Phi) is 5.61. The Labute approximate surface area is 115 Å². The molecule has 19 heavy (non-hydrogen) atoms. The average molecular weight is 264 g/mol. The Hall–Kier alpha value is -1.13. The van der Waals surface area contributed by atoms with E-state index in [4.69, 9.17) is 15.2 Å². The van der Waals surface area contributed by atoms with Crippen molar-refractivity contribution in [1.82, 2.24) is 4.98 Å². The van der Waals surface area contributed by atoms with Crippen molar-refractivity contribution in [3.05, 3.63) is 23.4 Å². The molecule has 1 fully saturated rings. The number of ether oxygens (including phenoxy) is 2. The molecule has 1 aromatic rings. The zero-order chi connectivity index (χ0) is 13.5. The molecule has 0 bridgehead atoms. The summed E-state index contributed by atoms with van der Waals surface area (Å²) in [5, 5.41) is 0. The van der Waals surface area contributed by atoms with Gasteiger partial charge in [0.15, 0.2) is 0 Å². The predicted octanol–water partition coefficient (Wildman–Crippen LogP) is 2.44. The molecule has 106 valence electrons. The van der Waals surface area contributed by atoms with E-state index in [0.29, 0.717) is 19.0 Å². The van der Waals surface area contributed by atoms with E-state index >= 15 is 0 Å². The highest BCUT2D eigenvalue weighted by molar-refractivity contribution is 5.25. The van der Waals surface area contributed by atoms with Crippen LogP contribution in [0, 0.1) is 0 Å². The average Bonchev–Trinajstić information content (AvgIpc) is 2.46. The van der Waals surface area contributed by atoms with Crippen molar-refractivity contribution in [1.29, 1.82) is 0 Å². The molecule has 0 aromatic carbocycles. The van der Waals surface area contributed by atoms with Crippen molar-refractivity contribution >= 4 is 0 Å². The SMILES string of the molecule is CCCc1cc(CN)cc(OCC2CCCCO2)n1. The van der Waals surface area contributed by atoms with Crippen LogP contribution in [-0.4, -0.2) is 24.3 Å². The Morgan fingerprint density at radius 2 is 2.32 bits per heavy atom.